The number of hydrogen-bond donors (Lipinski definition) is 0. The van der Waals surface area contributed by atoms with Crippen LogP contribution in [-0.2, 0) is 18.3 Å². The van der Waals surface area contributed by atoms with E-state index in [1.165, 1.54) is 77.0 Å². The van der Waals surface area contributed by atoms with Crippen LogP contribution < -0.4 is 0 Å². The van der Waals surface area contributed by atoms with Crippen LogP contribution in [0.4, 0.5) is 0 Å². The maximum atomic E-state index is 6.92. The summed E-state index contributed by atoms with van der Waals surface area (Å²) in [6, 6.07) is 0. The monoisotopic (exact) mass is 522 g/mol. The molecule has 3 atom stereocenters. The van der Waals surface area contributed by atoms with Gasteiger partial charge in [0.15, 0.2) is 0 Å². The Labute approximate surface area is 224 Å². The van der Waals surface area contributed by atoms with E-state index in [-0.39, 0.29) is 28.4 Å². The van der Waals surface area contributed by atoms with Gasteiger partial charge in [0.05, 0.1) is 18.6 Å². The lowest BCUT2D eigenvalue weighted by Crippen LogP contribution is -2.67. The summed E-state index contributed by atoms with van der Waals surface area (Å²) >= 11 is 0. The Morgan fingerprint density at radius 3 is 1.83 bits per heavy atom. The van der Waals surface area contributed by atoms with E-state index in [1.807, 2.05) is 6.08 Å². The van der Waals surface area contributed by atoms with Crippen molar-refractivity contribution in [1.82, 2.24) is 0 Å². The minimum absolute atomic E-state index is 0.0619. The van der Waals surface area contributed by atoms with E-state index in [0.717, 1.165) is 18.6 Å². The third-order valence-corrected chi connectivity index (χ3v) is 12.9. The quantitative estimate of drug-likeness (QED) is 0.115. The number of unbranched alkanes of at least 4 members (excludes halogenated alkanes) is 12. The largest absolute Gasteiger partial charge is 0.493 e. The van der Waals surface area contributed by atoms with Gasteiger partial charge in [0.1, 0.15) is 18.3 Å². The van der Waals surface area contributed by atoms with E-state index in [0.29, 0.717) is 6.61 Å². The van der Waals surface area contributed by atoms with Gasteiger partial charge in [-0.25, -0.2) is 0 Å². The normalized spacial score (nSPS) is 23.7. The Balaban J connectivity index is 1.68. The number of rotatable bonds is 16. The second-order valence-corrected chi connectivity index (χ2v) is 17.9. The first-order chi connectivity index (χ1) is 17.0. The number of hydrogen-bond acceptors (Lipinski definition) is 4. The maximum Gasteiger partial charge on any atom is 0.349 e. The van der Waals surface area contributed by atoms with Gasteiger partial charge in [-0.3, -0.25) is 0 Å². The minimum Gasteiger partial charge on any atom is -0.493 e. The first-order valence-electron chi connectivity index (χ1n) is 15.0. The molecule has 0 saturated carbocycles. The number of allylic oxidation sites excluding steroid dienone is 1. The van der Waals surface area contributed by atoms with E-state index in [2.05, 4.69) is 55.0 Å². The minimum atomic E-state index is -2.57. The Morgan fingerprint density at radius 2 is 1.33 bits per heavy atom. The molecule has 5 heteroatoms. The van der Waals surface area contributed by atoms with E-state index in [9.17, 15) is 0 Å². The Hall–Kier alpha value is -0.783. The van der Waals surface area contributed by atoms with Crippen LogP contribution in [-0.4, -0.2) is 33.5 Å². The molecule has 0 aliphatic carbocycles. The molecule has 2 aliphatic rings. The fraction of sp³-hybridized carbons (Fsp3) is 0.871. The lowest BCUT2D eigenvalue weighted by Gasteiger charge is -2.55. The molecule has 0 N–H and O–H groups in total. The third-order valence-electron chi connectivity index (χ3n) is 7.80. The molecule has 2 aliphatic heterocycles. The van der Waals surface area contributed by atoms with Crippen LogP contribution >= 0.6 is 0 Å². The van der Waals surface area contributed by atoms with Crippen molar-refractivity contribution in [3.63, 3.8) is 0 Å². The van der Waals surface area contributed by atoms with E-state index in [1.54, 1.807) is 6.26 Å². The molecule has 0 aromatic heterocycles. The molecule has 0 radical (unpaired) electrons. The van der Waals surface area contributed by atoms with Crippen LogP contribution in [0, 0.1) is 0 Å². The summed E-state index contributed by atoms with van der Waals surface area (Å²) in [6.07, 6.45) is 21.9. The highest BCUT2D eigenvalue weighted by molar-refractivity contribution is 6.73. The fourth-order valence-corrected chi connectivity index (χ4v) is 10.9. The summed E-state index contributed by atoms with van der Waals surface area (Å²) in [4.78, 5) is 0. The molecule has 0 spiro atoms. The van der Waals surface area contributed by atoms with Crippen LogP contribution in [0.15, 0.2) is 24.7 Å². The summed E-state index contributed by atoms with van der Waals surface area (Å²) in [5.74, 6) is 0.863. The van der Waals surface area contributed by atoms with Gasteiger partial charge in [0.2, 0.25) is 0 Å². The fourth-order valence-electron chi connectivity index (χ4n) is 5.93. The van der Waals surface area contributed by atoms with E-state index in [4.69, 9.17) is 18.3 Å². The molecule has 1 fully saturated rings. The average Bonchev–Trinajstić information content (AvgIpc) is 2.80. The highest BCUT2D eigenvalue weighted by Crippen LogP contribution is 2.55. The standard InChI is InChI=1S/C31H58O4Si/c1-9-10-11-12-13-14-15-16-17-18-19-20-21-22-26(2)34-27-23-24-32-28-25-33-36(30(3,4)5,31(6,7)8)35-29(27)28/h23-24,27-29H,2,9-22,25H2,1,3-8H3/t27-,28-,29+/m1/s1. The van der Waals surface area contributed by atoms with Crippen LogP contribution in [0.3, 0.4) is 0 Å². The van der Waals surface area contributed by atoms with E-state index >= 15 is 0 Å². The molecule has 4 nitrogen and oxygen atoms in total. The zero-order valence-corrected chi connectivity index (χ0v) is 25.8. The Kier molecular flexibility index (Phi) is 13.1. The Bertz CT molecular complexity index is 646. The van der Waals surface area contributed by atoms with E-state index < -0.39 is 8.56 Å². The molecule has 2 heterocycles. The summed E-state index contributed by atoms with van der Waals surface area (Å²) in [7, 11) is -2.57. The topological polar surface area (TPSA) is 36.9 Å². The molecule has 1 saturated heterocycles. The molecule has 210 valence electrons. The predicted molar refractivity (Wildman–Crippen MR) is 154 cm³/mol. The van der Waals surface area contributed by atoms with Crippen molar-refractivity contribution in [2.24, 2.45) is 0 Å². The molecule has 0 aromatic carbocycles. The SMILES string of the molecule is C=C(CCCCCCCCCCCCCCC)O[C@@H]1C=CO[C@@H]2CO[Si](C(C)(C)C)(C(C)(C)C)O[C@@H]12. The molecule has 36 heavy (non-hydrogen) atoms. The van der Waals surface area contributed by atoms with Crippen LogP contribution in [0.1, 0.15) is 138 Å². The first kappa shape index (κ1) is 31.4. The first-order valence-corrected chi connectivity index (χ1v) is 16.8. The predicted octanol–water partition coefficient (Wildman–Crippen LogP) is 9.74. The van der Waals surface area contributed by atoms with Gasteiger partial charge in [0.25, 0.3) is 0 Å². The van der Waals surface area contributed by atoms with Crippen molar-refractivity contribution in [2.75, 3.05) is 6.61 Å². The number of ether oxygens (including phenoxy) is 2. The van der Waals surface area contributed by atoms with Crippen molar-refractivity contribution in [3.8, 4) is 0 Å². The van der Waals surface area contributed by atoms with Crippen molar-refractivity contribution in [3.05, 3.63) is 24.7 Å². The van der Waals surface area contributed by atoms with Crippen molar-refractivity contribution >= 4 is 8.56 Å². The number of fused-ring (bicyclic) bond motifs is 1. The average molecular weight is 523 g/mol. The lowest BCUT2D eigenvalue weighted by molar-refractivity contribution is -0.128. The van der Waals surface area contributed by atoms with Crippen LogP contribution in [0.2, 0.25) is 10.1 Å². The van der Waals surface area contributed by atoms with Crippen LogP contribution in [0.5, 0.6) is 0 Å². The highest BCUT2D eigenvalue weighted by Gasteiger charge is 2.63. The zero-order chi connectivity index (χ0) is 26.7. The summed E-state index contributed by atoms with van der Waals surface area (Å²) in [5, 5.41) is -0.124. The molecule has 0 unspecified atom stereocenters. The zero-order valence-electron chi connectivity index (χ0n) is 24.8. The van der Waals surface area contributed by atoms with Crippen molar-refractivity contribution in [1.29, 1.82) is 0 Å². The maximum absolute atomic E-state index is 6.92. The molecule has 0 amide bonds. The molecule has 0 bridgehead atoms. The van der Waals surface area contributed by atoms with Gasteiger partial charge in [-0.15, -0.1) is 0 Å². The van der Waals surface area contributed by atoms with Crippen molar-refractivity contribution < 1.29 is 18.3 Å². The molecule has 0 aromatic rings. The Morgan fingerprint density at radius 1 is 0.833 bits per heavy atom. The van der Waals surface area contributed by atoms with Crippen molar-refractivity contribution in [2.45, 2.75) is 167 Å². The smallest absolute Gasteiger partial charge is 0.349 e. The summed E-state index contributed by atoms with van der Waals surface area (Å²) in [5.41, 5.74) is 0. The highest BCUT2D eigenvalue weighted by atomic mass is 28.4. The van der Waals surface area contributed by atoms with Gasteiger partial charge < -0.3 is 18.3 Å². The lowest BCUT2D eigenvalue weighted by atomic mass is 10.0. The summed E-state index contributed by atoms with van der Waals surface area (Å²) < 4.78 is 25.7. The van der Waals surface area contributed by atoms with Crippen LogP contribution in [0.25, 0.3) is 0 Å². The van der Waals surface area contributed by atoms with Gasteiger partial charge in [-0.1, -0.05) is 132 Å². The second-order valence-electron chi connectivity index (χ2n) is 13.1. The van der Waals surface area contributed by atoms with Gasteiger partial charge in [-0.05, 0) is 12.5 Å². The third kappa shape index (κ3) is 9.20. The second kappa shape index (κ2) is 15.0. The molecular formula is C31H58O4Si. The van der Waals surface area contributed by atoms with Gasteiger partial charge in [0, 0.05) is 16.5 Å². The molecular weight excluding hydrogens is 464 g/mol. The van der Waals surface area contributed by atoms with Gasteiger partial charge >= 0.3 is 8.56 Å². The van der Waals surface area contributed by atoms with Gasteiger partial charge in [-0.2, -0.15) is 0 Å². The molecule has 2 rings (SSSR count). The summed E-state index contributed by atoms with van der Waals surface area (Å²) in [6.45, 7) is 20.5.